The number of fused-ring (bicyclic) bond motifs is 3. The van der Waals surface area contributed by atoms with Crippen LogP contribution in [0.2, 0.25) is 0 Å². The van der Waals surface area contributed by atoms with E-state index in [9.17, 15) is 9.59 Å². The second-order valence-corrected chi connectivity index (χ2v) is 6.78. The summed E-state index contributed by atoms with van der Waals surface area (Å²) in [6, 6.07) is -0.729. The average Bonchev–Trinajstić information content (AvgIpc) is 2.79. The summed E-state index contributed by atoms with van der Waals surface area (Å²) in [7, 11) is 0. The molecule has 6 nitrogen and oxygen atoms in total. The monoisotopic (exact) mass is 306 g/mol. The van der Waals surface area contributed by atoms with Gasteiger partial charge in [0.25, 0.3) is 5.56 Å². The first-order valence-electron chi connectivity index (χ1n) is 7.22. The molecule has 1 aliphatic carbocycles. The Labute approximate surface area is 126 Å². The lowest BCUT2D eigenvalue weighted by molar-refractivity contribution is -0.121. The summed E-state index contributed by atoms with van der Waals surface area (Å²) in [5.41, 5.74) is 6.22. The van der Waals surface area contributed by atoms with Crippen molar-refractivity contribution in [3.63, 3.8) is 0 Å². The number of aryl methyl sites for hydroxylation is 1. The van der Waals surface area contributed by atoms with Gasteiger partial charge in [0.1, 0.15) is 6.04 Å². The predicted octanol–water partition coefficient (Wildman–Crippen LogP) is 1.41. The number of hydrogen-bond acceptors (Lipinski definition) is 5. The van der Waals surface area contributed by atoms with E-state index in [1.807, 2.05) is 0 Å². The summed E-state index contributed by atoms with van der Waals surface area (Å²) in [4.78, 5) is 26.1. The van der Waals surface area contributed by atoms with E-state index in [1.54, 1.807) is 18.3 Å². The normalized spacial score (nSPS) is 19.4. The van der Waals surface area contributed by atoms with Crippen molar-refractivity contribution in [3.05, 3.63) is 20.8 Å². The molecular formula is C14H18N4O2S. The topological polar surface area (TPSA) is 90.9 Å². The lowest BCUT2D eigenvalue weighted by Crippen LogP contribution is -2.36. The number of thiophene rings is 1. The fourth-order valence-electron chi connectivity index (χ4n) is 2.97. The van der Waals surface area contributed by atoms with Crippen LogP contribution in [0, 0.1) is 5.92 Å². The molecule has 2 N–H and O–H groups in total. The molecule has 21 heavy (non-hydrogen) atoms. The summed E-state index contributed by atoms with van der Waals surface area (Å²) in [6.45, 7) is 4.02. The maximum atomic E-state index is 12.7. The van der Waals surface area contributed by atoms with Gasteiger partial charge in [-0.15, -0.1) is 16.4 Å². The number of hydrogen-bond donors (Lipinski definition) is 1. The summed E-state index contributed by atoms with van der Waals surface area (Å²) in [5.74, 6) is 0.0840. The van der Waals surface area contributed by atoms with Gasteiger partial charge in [0.15, 0.2) is 4.83 Å². The summed E-state index contributed by atoms with van der Waals surface area (Å²) in [6.07, 6.45) is 3.39. The van der Waals surface area contributed by atoms with Gasteiger partial charge in [0, 0.05) is 4.88 Å². The minimum absolute atomic E-state index is 0.238. The number of aromatic nitrogens is 3. The Bertz CT molecular complexity index is 764. The van der Waals surface area contributed by atoms with E-state index in [4.69, 9.17) is 5.73 Å². The quantitative estimate of drug-likeness (QED) is 0.928. The minimum atomic E-state index is -0.729. The summed E-state index contributed by atoms with van der Waals surface area (Å²) >= 11 is 1.55. The highest BCUT2D eigenvalue weighted by atomic mass is 32.1. The first-order chi connectivity index (χ1) is 10.0. The standard InChI is InChI=1S/C14H18N4O2S/c1-3-9(12(15)19)18-14(20)11-8-5-4-7(2)6-10(8)21-13(11)16-17-18/h7,9H,3-6H2,1-2H3,(H2,15,19). The van der Waals surface area contributed by atoms with Gasteiger partial charge in [0.2, 0.25) is 5.91 Å². The molecule has 0 saturated carbocycles. The molecule has 2 unspecified atom stereocenters. The van der Waals surface area contributed by atoms with E-state index in [2.05, 4.69) is 17.2 Å². The third-order valence-corrected chi connectivity index (χ3v) is 5.30. The molecule has 0 aromatic carbocycles. The van der Waals surface area contributed by atoms with Crippen molar-refractivity contribution < 1.29 is 4.79 Å². The van der Waals surface area contributed by atoms with Gasteiger partial charge in [-0.25, -0.2) is 0 Å². The second kappa shape index (κ2) is 5.22. The molecule has 0 fully saturated rings. The van der Waals surface area contributed by atoms with E-state index < -0.39 is 11.9 Å². The number of carbonyl (C=O) groups excluding carboxylic acids is 1. The number of rotatable bonds is 3. The Morgan fingerprint density at radius 3 is 3.00 bits per heavy atom. The molecule has 0 saturated heterocycles. The number of primary amides is 1. The van der Waals surface area contributed by atoms with Gasteiger partial charge in [-0.05, 0) is 37.2 Å². The van der Waals surface area contributed by atoms with Gasteiger partial charge in [-0.1, -0.05) is 19.1 Å². The maximum absolute atomic E-state index is 12.7. The van der Waals surface area contributed by atoms with E-state index in [-0.39, 0.29) is 5.56 Å². The first-order valence-corrected chi connectivity index (χ1v) is 8.03. The summed E-state index contributed by atoms with van der Waals surface area (Å²) in [5, 5.41) is 8.71. The molecule has 0 radical (unpaired) electrons. The van der Waals surface area contributed by atoms with Crippen molar-refractivity contribution in [1.82, 2.24) is 15.0 Å². The fourth-order valence-corrected chi connectivity index (χ4v) is 4.29. The van der Waals surface area contributed by atoms with Crippen LogP contribution in [0.3, 0.4) is 0 Å². The van der Waals surface area contributed by atoms with Crippen molar-refractivity contribution in [2.45, 2.75) is 45.6 Å². The Morgan fingerprint density at radius 2 is 2.33 bits per heavy atom. The SMILES string of the molecule is CCC(C(N)=O)n1nnc2sc3c(c2c1=O)CCC(C)C3. The van der Waals surface area contributed by atoms with Crippen molar-refractivity contribution in [3.8, 4) is 0 Å². The van der Waals surface area contributed by atoms with Gasteiger partial charge in [-0.2, -0.15) is 4.68 Å². The molecule has 2 heterocycles. The van der Waals surface area contributed by atoms with Crippen molar-refractivity contribution in [2.75, 3.05) is 0 Å². The van der Waals surface area contributed by atoms with E-state index >= 15 is 0 Å². The lowest BCUT2D eigenvalue weighted by atomic mass is 9.89. The van der Waals surface area contributed by atoms with Crippen LogP contribution in [0.1, 0.15) is 43.2 Å². The maximum Gasteiger partial charge on any atom is 0.279 e. The first kappa shape index (κ1) is 14.2. The zero-order chi connectivity index (χ0) is 15.1. The van der Waals surface area contributed by atoms with Crippen molar-refractivity contribution in [1.29, 1.82) is 0 Å². The van der Waals surface area contributed by atoms with Crippen LogP contribution in [0.5, 0.6) is 0 Å². The molecule has 1 amide bonds. The van der Waals surface area contributed by atoms with E-state index in [0.29, 0.717) is 22.6 Å². The molecule has 3 rings (SSSR count). The molecule has 7 heteroatoms. The number of nitrogens with zero attached hydrogens (tertiary/aromatic N) is 3. The van der Waals surface area contributed by atoms with Gasteiger partial charge < -0.3 is 5.73 Å². The molecule has 0 aliphatic heterocycles. The molecule has 2 aromatic heterocycles. The van der Waals surface area contributed by atoms with Gasteiger partial charge in [-0.3, -0.25) is 9.59 Å². The zero-order valence-electron chi connectivity index (χ0n) is 12.1. The van der Waals surface area contributed by atoms with Crippen LogP contribution in [-0.4, -0.2) is 20.9 Å². The zero-order valence-corrected chi connectivity index (χ0v) is 12.9. The highest BCUT2D eigenvalue weighted by Gasteiger charge is 2.26. The Hall–Kier alpha value is -1.76. The van der Waals surface area contributed by atoms with Gasteiger partial charge in [0.05, 0.1) is 5.39 Å². The highest BCUT2D eigenvalue weighted by Crippen LogP contribution is 2.35. The molecule has 0 spiro atoms. The minimum Gasteiger partial charge on any atom is -0.368 e. The van der Waals surface area contributed by atoms with Gasteiger partial charge >= 0.3 is 0 Å². The van der Waals surface area contributed by atoms with E-state index in [0.717, 1.165) is 29.5 Å². The van der Waals surface area contributed by atoms with Crippen LogP contribution < -0.4 is 11.3 Å². The smallest absolute Gasteiger partial charge is 0.279 e. The van der Waals surface area contributed by atoms with Crippen LogP contribution in [0.25, 0.3) is 10.2 Å². The molecule has 1 aliphatic rings. The van der Waals surface area contributed by atoms with Crippen LogP contribution in [0.15, 0.2) is 4.79 Å². The van der Waals surface area contributed by atoms with E-state index in [1.165, 1.54) is 4.88 Å². The predicted molar refractivity (Wildman–Crippen MR) is 81.4 cm³/mol. The number of carbonyl (C=O) groups is 1. The average molecular weight is 306 g/mol. The molecule has 2 atom stereocenters. The third kappa shape index (κ3) is 2.25. The molecular weight excluding hydrogens is 288 g/mol. The Balaban J connectivity index is 2.21. The Kier molecular flexibility index (Phi) is 3.52. The molecule has 112 valence electrons. The van der Waals surface area contributed by atoms with Crippen LogP contribution in [0.4, 0.5) is 0 Å². The summed E-state index contributed by atoms with van der Waals surface area (Å²) < 4.78 is 1.15. The lowest BCUT2D eigenvalue weighted by Gasteiger charge is -2.17. The number of nitrogens with two attached hydrogens (primary N) is 1. The largest absolute Gasteiger partial charge is 0.368 e. The van der Waals surface area contributed by atoms with Crippen LogP contribution in [-0.2, 0) is 17.6 Å². The second-order valence-electron chi connectivity index (χ2n) is 5.70. The molecule has 2 aromatic rings. The van der Waals surface area contributed by atoms with Crippen molar-refractivity contribution >= 4 is 27.5 Å². The highest BCUT2D eigenvalue weighted by molar-refractivity contribution is 7.18. The van der Waals surface area contributed by atoms with Crippen LogP contribution >= 0.6 is 11.3 Å². The van der Waals surface area contributed by atoms with Crippen molar-refractivity contribution in [2.24, 2.45) is 11.7 Å². The Morgan fingerprint density at radius 1 is 1.57 bits per heavy atom. The fraction of sp³-hybridized carbons (Fsp3) is 0.571. The molecule has 0 bridgehead atoms. The number of amides is 1. The third-order valence-electron chi connectivity index (χ3n) is 4.16.